The Bertz CT molecular complexity index is 737. The highest BCUT2D eigenvalue weighted by Crippen LogP contribution is 2.31. The van der Waals surface area contributed by atoms with Gasteiger partial charge in [-0.05, 0) is 49.2 Å². The average molecular weight is 354 g/mol. The number of amides is 1. The van der Waals surface area contributed by atoms with Gasteiger partial charge in [-0.1, -0.05) is 25.3 Å². The topological polar surface area (TPSA) is 59.6 Å². The molecule has 2 aromatic carbocycles. The van der Waals surface area contributed by atoms with E-state index in [0.717, 1.165) is 11.4 Å². The predicted molar refractivity (Wildman–Crippen MR) is 104 cm³/mol. The summed E-state index contributed by atoms with van der Waals surface area (Å²) in [6.07, 6.45) is 6.40. The van der Waals surface area contributed by atoms with E-state index in [4.69, 9.17) is 9.47 Å². The number of hydrogen-bond donors (Lipinski definition) is 2. The molecule has 1 amide bonds. The van der Waals surface area contributed by atoms with Gasteiger partial charge in [0.2, 0.25) is 0 Å². The summed E-state index contributed by atoms with van der Waals surface area (Å²) in [5.41, 5.74) is 2.28. The van der Waals surface area contributed by atoms with Crippen LogP contribution < -0.4 is 20.1 Å². The molecule has 0 spiro atoms. The summed E-state index contributed by atoms with van der Waals surface area (Å²) in [7, 11) is 3.08. The molecule has 0 radical (unpaired) electrons. The second-order valence-corrected chi connectivity index (χ2v) is 6.55. The van der Waals surface area contributed by atoms with Gasteiger partial charge in [0.05, 0.1) is 19.8 Å². The molecular weight excluding hydrogens is 328 g/mol. The van der Waals surface area contributed by atoms with Gasteiger partial charge in [0.25, 0.3) is 5.91 Å². The fourth-order valence-electron chi connectivity index (χ4n) is 3.40. The quantitative estimate of drug-likeness (QED) is 0.789. The summed E-state index contributed by atoms with van der Waals surface area (Å²) < 4.78 is 10.6. The number of rotatable bonds is 6. The van der Waals surface area contributed by atoms with Crippen LogP contribution in [0.1, 0.15) is 42.5 Å². The molecule has 0 saturated heterocycles. The van der Waals surface area contributed by atoms with E-state index in [1.165, 1.54) is 39.2 Å². The highest BCUT2D eigenvalue weighted by atomic mass is 16.5. The van der Waals surface area contributed by atoms with Crippen LogP contribution in [0.5, 0.6) is 11.5 Å². The summed E-state index contributed by atoms with van der Waals surface area (Å²) in [6, 6.07) is 13.7. The highest BCUT2D eigenvalue weighted by molar-refractivity contribution is 6.06. The van der Waals surface area contributed by atoms with Gasteiger partial charge in [0.1, 0.15) is 0 Å². The minimum Gasteiger partial charge on any atom is -0.493 e. The maximum atomic E-state index is 12.6. The Morgan fingerprint density at radius 1 is 0.923 bits per heavy atom. The molecule has 0 heterocycles. The predicted octanol–water partition coefficient (Wildman–Crippen LogP) is 4.70. The zero-order chi connectivity index (χ0) is 18.4. The normalized spacial score (nSPS) is 14.5. The Morgan fingerprint density at radius 2 is 1.62 bits per heavy atom. The number of benzene rings is 2. The number of carbonyl (C=O) groups excluding carboxylic acids is 1. The molecule has 0 bridgehead atoms. The zero-order valence-electron chi connectivity index (χ0n) is 15.4. The first kappa shape index (κ1) is 18.1. The van der Waals surface area contributed by atoms with Gasteiger partial charge in [-0.2, -0.15) is 0 Å². The Balaban J connectivity index is 1.66. The molecule has 0 aromatic heterocycles. The van der Waals surface area contributed by atoms with Crippen molar-refractivity contribution in [1.82, 2.24) is 0 Å². The number of anilines is 2. The van der Waals surface area contributed by atoms with Crippen LogP contribution in [-0.2, 0) is 0 Å². The van der Waals surface area contributed by atoms with Crippen molar-refractivity contribution in [2.45, 2.75) is 38.1 Å². The van der Waals surface area contributed by atoms with Crippen molar-refractivity contribution in [3.8, 4) is 11.5 Å². The molecule has 3 rings (SSSR count). The number of ether oxygens (including phenoxy) is 2. The van der Waals surface area contributed by atoms with Crippen LogP contribution in [0.25, 0.3) is 0 Å². The molecule has 1 aliphatic carbocycles. The van der Waals surface area contributed by atoms with Crippen LogP contribution in [0.15, 0.2) is 42.5 Å². The van der Waals surface area contributed by atoms with Gasteiger partial charge in [0.15, 0.2) is 11.5 Å². The third-order valence-corrected chi connectivity index (χ3v) is 4.77. The SMILES string of the molecule is COc1cccc(C(=O)Nc2ccc(NC3CCCCC3)cc2)c1OC. The van der Waals surface area contributed by atoms with Crippen molar-refractivity contribution in [3.05, 3.63) is 48.0 Å². The molecule has 1 aliphatic rings. The third kappa shape index (κ3) is 4.28. The molecule has 26 heavy (non-hydrogen) atoms. The van der Waals surface area contributed by atoms with Gasteiger partial charge in [-0.3, -0.25) is 4.79 Å². The van der Waals surface area contributed by atoms with E-state index >= 15 is 0 Å². The summed E-state index contributed by atoms with van der Waals surface area (Å²) in [6.45, 7) is 0. The fraction of sp³-hybridized carbons (Fsp3) is 0.381. The molecule has 5 heteroatoms. The van der Waals surface area contributed by atoms with Crippen molar-refractivity contribution in [3.63, 3.8) is 0 Å². The van der Waals surface area contributed by atoms with Crippen molar-refractivity contribution >= 4 is 17.3 Å². The first-order chi connectivity index (χ1) is 12.7. The van der Waals surface area contributed by atoms with Crippen molar-refractivity contribution in [1.29, 1.82) is 0 Å². The number of hydrogen-bond acceptors (Lipinski definition) is 4. The molecule has 2 N–H and O–H groups in total. The Morgan fingerprint density at radius 3 is 2.27 bits per heavy atom. The second-order valence-electron chi connectivity index (χ2n) is 6.55. The molecule has 0 unspecified atom stereocenters. The van der Waals surface area contributed by atoms with Gasteiger partial charge >= 0.3 is 0 Å². The van der Waals surface area contributed by atoms with Crippen molar-refractivity contribution in [2.24, 2.45) is 0 Å². The lowest BCUT2D eigenvalue weighted by atomic mass is 9.95. The Hall–Kier alpha value is -2.69. The van der Waals surface area contributed by atoms with Crippen molar-refractivity contribution < 1.29 is 14.3 Å². The summed E-state index contributed by atoms with van der Waals surface area (Å²) in [5.74, 6) is 0.740. The highest BCUT2D eigenvalue weighted by Gasteiger charge is 2.17. The van der Waals surface area contributed by atoms with Gasteiger partial charge in [-0.15, -0.1) is 0 Å². The zero-order valence-corrected chi connectivity index (χ0v) is 15.4. The van der Waals surface area contributed by atoms with Gasteiger partial charge < -0.3 is 20.1 Å². The molecule has 138 valence electrons. The minimum atomic E-state index is -0.228. The van der Waals surface area contributed by atoms with Gasteiger partial charge in [0, 0.05) is 17.4 Å². The Kier molecular flexibility index (Phi) is 6.00. The Labute approximate surface area is 154 Å². The van der Waals surface area contributed by atoms with E-state index in [1.807, 2.05) is 24.3 Å². The summed E-state index contributed by atoms with van der Waals surface area (Å²) in [4.78, 5) is 12.6. The van der Waals surface area contributed by atoms with E-state index in [1.54, 1.807) is 25.3 Å². The fourth-order valence-corrected chi connectivity index (χ4v) is 3.40. The second kappa shape index (κ2) is 8.61. The summed E-state index contributed by atoms with van der Waals surface area (Å²) >= 11 is 0. The van der Waals surface area contributed by atoms with Gasteiger partial charge in [-0.25, -0.2) is 0 Å². The number of nitrogens with one attached hydrogen (secondary N) is 2. The monoisotopic (exact) mass is 354 g/mol. The third-order valence-electron chi connectivity index (χ3n) is 4.77. The van der Waals surface area contributed by atoms with Crippen LogP contribution >= 0.6 is 0 Å². The number of methoxy groups -OCH3 is 2. The van der Waals surface area contributed by atoms with Crippen LogP contribution in [-0.4, -0.2) is 26.2 Å². The van der Waals surface area contributed by atoms with E-state index in [-0.39, 0.29) is 5.91 Å². The van der Waals surface area contributed by atoms with Crippen LogP contribution in [0.4, 0.5) is 11.4 Å². The molecule has 5 nitrogen and oxygen atoms in total. The molecule has 0 aliphatic heterocycles. The summed E-state index contributed by atoms with van der Waals surface area (Å²) in [5, 5.41) is 6.49. The molecule has 1 fully saturated rings. The molecule has 0 atom stereocenters. The molecular formula is C21H26N2O3. The van der Waals surface area contributed by atoms with E-state index in [0.29, 0.717) is 23.1 Å². The minimum absolute atomic E-state index is 0.228. The van der Waals surface area contributed by atoms with Crippen LogP contribution in [0, 0.1) is 0 Å². The van der Waals surface area contributed by atoms with Crippen LogP contribution in [0.2, 0.25) is 0 Å². The largest absolute Gasteiger partial charge is 0.493 e. The average Bonchev–Trinajstić information content (AvgIpc) is 2.69. The van der Waals surface area contributed by atoms with Crippen molar-refractivity contribution in [2.75, 3.05) is 24.9 Å². The lowest BCUT2D eigenvalue weighted by Crippen LogP contribution is -2.22. The number of carbonyl (C=O) groups is 1. The lowest BCUT2D eigenvalue weighted by molar-refractivity contribution is 0.102. The first-order valence-corrected chi connectivity index (χ1v) is 9.10. The van der Waals surface area contributed by atoms with Crippen LogP contribution in [0.3, 0.4) is 0 Å². The smallest absolute Gasteiger partial charge is 0.259 e. The standard InChI is InChI=1S/C21H26N2O3/c1-25-19-10-6-9-18(20(19)26-2)21(24)23-17-13-11-16(12-14-17)22-15-7-4-3-5-8-15/h6,9-15,22H,3-5,7-8H2,1-2H3,(H,23,24). The molecule has 1 saturated carbocycles. The van der Waals surface area contributed by atoms with E-state index in [9.17, 15) is 4.79 Å². The lowest BCUT2D eigenvalue weighted by Gasteiger charge is -2.24. The number of para-hydroxylation sites is 1. The van der Waals surface area contributed by atoms with E-state index in [2.05, 4.69) is 10.6 Å². The maximum absolute atomic E-state index is 12.6. The maximum Gasteiger partial charge on any atom is 0.259 e. The molecule has 2 aromatic rings. The first-order valence-electron chi connectivity index (χ1n) is 9.10. The van der Waals surface area contributed by atoms with E-state index < -0.39 is 0 Å².